The summed E-state index contributed by atoms with van der Waals surface area (Å²) in [6.45, 7) is 6.71. The molecule has 0 spiro atoms. The van der Waals surface area contributed by atoms with Crippen molar-refractivity contribution in [3.63, 3.8) is 0 Å². The minimum atomic E-state index is -0.330. The average Bonchev–Trinajstić information content (AvgIpc) is 3.07. The van der Waals surface area contributed by atoms with Crippen LogP contribution in [0.15, 0.2) is 0 Å². The van der Waals surface area contributed by atoms with Gasteiger partial charge in [0.25, 0.3) is 0 Å². The van der Waals surface area contributed by atoms with Crippen LogP contribution in [0.1, 0.15) is 40.0 Å². The molecular weight excluding hydrogens is 216 g/mol. The maximum absolute atomic E-state index is 12.4. The Labute approximate surface area is 103 Å². The molecule has 2 aliphatic rings. The van der Waals surface area contributed by atoms with Gasteiger partial charge in [-0.2, -0.15) is 0 Å². The molecule has 4 heteroatoms. The Bertz CT molecular complexity index is 323. The molecule has 1 aliphatic heterocycles. The van der Waals surface area contributed by atoms with Gasteiger partial charge >= 0.3 is 0 Å². The van der Waals surface area contributed by atoms with Crippen molar-refractivity contribution in [3.05, 3.63) is 0 Å². The van der Waals surface area contributed by atoms with E-state index < -0.39 is 0 Å². The molecule has 0 aromatic rings. The highest BCUT2D eigenvalue weighted by Gasteiger charge is 2.47. The number of rotatable bonds is 4. The quantitative estimate of drug-likeness (QED) is 0.799. The number of piperazine rings is 1. The van der Waals surface area contributed by atoms with Gasteiger partial charge in [0.1, 0.15) is 12.1 Å². The Hall–Kier alpha value is -1.06. The summed E-state index contributed by atoms with van der Waals surface area (Å²) in [5, 5.41) is 2.90. The summed E-state index contributed by atoms with van der Waals surface area (Å²) >= 11 is 0. The van der Waals surface area contributed by atoms with E-state index in [1.165, 1.54) is 0 Å². The van der Waals surface area contributed by atoms with Crippen LogP contribution in [0.25, 0.3) is 0 Å². The summed E-state index contributed by atoms with van der Waals surface area (Å²) in [5.41, 5.74) is 0. The number of hydrogen-bond donors (Lipinski definition) is 1. The molecule has 96 valence electrons. The van der Waals surface area contributed by atoms with Gasteiger partial charge in [-0.05, 0) is 31.1 Å². The number of amides is 2. The van der Waals surface area contributed by atoms with Crippen LogP contribution in [-0.2, 0) is 9.59 Å². The van der Waals surface area contributed by atoms with Crippen molar-refractivity contribution in [2.45, 2.75) is 52.1 Å². The van der Waals surface area contributed by atoms with Gasteiger partial charge in [0.15, 0.2) is 0 Å². The molecular formula is C13H22N2O2. The van der Waals surface area contributed by atoms with E-state index in [9.17, 15) is 9.59 Å². The monoisotopic (exact) mass is 238 g/mol. The first-order chi connectivity index (χ1) is 8.06. The Balaban J connectivity index is 2.19. The highest BCUT2D eigenvalue weighted by molar-refractivity contribution is 5.97. The van der Waals surface area contributed by atoms with Gasteiger partial charge in [0.05, 0.1) is 0 Å². The number of carbonyl (C=O) groups is 2. The summed E-state index contributed by atoms with van der Waals surface area (Å²) < 4.78 is 0. The van der Waals surface area contributed by atoms with Crippen LogP contribution in [0, 0.1) is 11.8 Å². The lowest BCUT2D eigenvalue weighted by molar-refractivity contribution is -0.151. The molecule has 4 nitrogen and oxygen atoms in total. The fourth-order valence-electron chi connectivity index (χ4n) is 2.58. The summed E-state index contributed by atoms with van der Waals surface area (Å²) in [5.74, 6) is 0.724. The zero-order valence-corrected chi connectivity index (χ0v) is 10.9. The fraction of sp³-hybridized carbons (Fsp3) is 0.846. The van der Waals surface area contributed by atoms with Crippen LogP contribution in [0.5, 0.6) is 0 Å². The first-order valence-electron chi connectivity index (χ1n) is 6.67. The minimum Gasteiger partial charge on any atom is -0.342 e. The van der Waals surface area contributed by atoms with Crippen molar-refractivity contribution >= 4 is 11.8 Å². The number of nitrogens with zero attached hydrogens (tertiary/aromatic N) is 1. The highest BCUT2D eigenvalue weighted by atomic mass is 16.2. The van der Waals surface area contributed by atoms with Crippen molar-refractivity contribution < 1.29 is 9.59 Å². The van der Waals surface area contributed by atoms with Gasteiger partial charge in [-0.25, -0.2) is 0 Å². The van der Waals surface area contributed by atoms with E-state index in [0.29, 0.717) is 12.5 Å². The molecule has 1 saturated carbocycles. The third kappa shape index (κ3) is 2.31. The second-order valence-electron chi connectivity index (χ2n) is 5.54. The van der Waals surface area contributed by atoms with Crippen molar-refractivity contribution in [2.75, 3.05) is 6.54 Å². The van der Waals surface area contributed by atoms with E-state index in [0.717, 1.165) is 19.3 Å². The second-order valence-corrected chi connectivity index (χ2v) is 5.54. The van der Waals surface area contributed by atoms with Crippen LogP contribution in [0.4, 0.5) is 0 Å². The molecule has 1 aliphatic carbocycles. The van der Waals surface area contributed by atoms with Gasteiger partial charge < -0.3 is 10.2 Å². The van der Waals surface area contributed by atoms with Crippen LogP contribution in [0.3, 0.4) is 0 Å². The van der Waals surface area contributed by atoms with Crippen LogP contribution in [-0.4, -0.2) is 35.3 Å². The van der Waals surface area contributed by atoms with E-state index >= 15 is 0 Å². The Morgan fingerprint density at radius 3 is 2.47 bits per heavy atom. The van der Waals surface area contributed by atoms with Crippen molar-refractivity contribution in [1.29, 1.82) is 0 Å². The summed E-state index contributed by atoms with van der Waals surface area (Å²) in [6, 6.07) is -0.526. The molecule has 0 radical (unpaired) electrons. The molecule has 1 heterocycles. The smallest absolute Gasteiger partial charge is 0.246 e. The molecule has 17 heavy (non-hydrogen) atoms. The summed E-state index contributed by atoms with van der Waals surface area (Å²) in [7, 11) is 0. The maximum Gasteiger partial charge on any atom is 0.246 e. The zero-order chi connectivity index (χ0) is 12.6. The number of hydrogen-bond acceptors (Lipinski definition) is 2. The first-order valence-corrected chi connectivity index (χ1v) is 6.67. The van der Waals surface area contributed by atoms with Crippen molar-refractivity contribution in [1.82, 2.24) is 10.2 Å². The van der Waals surface area contributed by atoms with Crippen molar-refractivity contribution in [2.24, 2.45) is 11.8 Å². The van der Waals surface area contributed by atoms with E-state index in [1.807, 2.05) is 25.7 Å². The molecule has 2 amide bonds. The molecule has 0 aromatic heterocycles. The Morgan fingerprint density at radius 2 is 2.00 bits per heavy atom. The lowest BCUT2D eigenvalue weighted by Crippen LogP contribution is -2.65. The van der Waals surface area contributed by atoms with E-state index in [4.69, 9.17) is 0 Å². The third-order valence-electron chi connectivity index (χ3n) is 3.65. The molecule has 0 bridgehead atoms. The topological polar surface area (TPSA) is 49.4 Å². The largest absolute Gasteiger partial charge is 0.342 e. The summed E-state index contributed by atoms with van der Waals surface area (Å²) in [6.07, 6.45) is 3.07. The molecule has 1 N–H and O–H groups in total. The molecule has 2 rings (SSSR count). The zero-order valence-electron chi connectivity index (χ0n) is 10.9. The van der Waals surface area contributed by atoms with Gasteiger partial charge in [-0.3, -0.25) is 9.59 Å². The van der Waals surface area contributed by atoms with Gasteiger partial charge in [0, 0.05) is 6.54 Å². The predicted octanol–water partition coefficient (Wildman–Crippen LogP) is 1.16. The minimum absolute atomic E-state index is 0.0549. The molecule has 2 unspecified atom stereocenters. The first kappa shape index (κ1) is 12.4. The SMILES string of the molecule is CCCN1C(=O)C(C(C)C)NC(=O)C1C1CC1. The lowest BCUT2D eigenvalue weighted by atomic mass is 9.96. The molecule has 2 atom stereocenters. The number of nitrogens with one attached hydrogen (secondary N) is 1. The van der Waals surface area contributed by atoms with E-state index in [-0.39, 0.29) is 29.8 Å². The molecule has 0 aromatic carbocycles. The fourth-order valence-corrected chi connectivity index (χ4v) is 2.58. The van der Waals surface area contributed by atoms with Gasteiger partial charge in [0.2, 0.25) is 11.8 Å². The van der Waals surface area contributed by atoms with Gasteiger partial charge in [-0.1, -0.05) is 20.8 Å². The van der Waals surface area contributed by atoms with Crippen LogP contribution in [0.2, 0.25) is 0 Å². The molecule has 2 fully saturated rings. The lowest BCUT2D eigenvalue weighted by Gasteiger charge is -2.40. The second kappa shape index (κ2) is 4.67. The van der Waals surface area contributed by atoms with E-state index in [1.54, 1.807) is 0 Å². The van der Waals surface area contributed by atoms with Crippen LogP contribution >= 0.6 is 0 Å². The highest BCUT2D eigenvalue weighted by Crippen LogP contribution is 2.37. The van der Waals surface area contributed by atoms with Crippen LogP contribution < -0.4 is 5.32 Å². The van der Waals surface area contributed by atoms with Gasteiger partial charge in [-0.15, -0.1) is 0 Å². The molecule has 1 saturated heterocycles. The normalized spacial score (nSPS) is 29.8. The standard InChI is InChI=1S/C13H22N2O2/c1-4-7-15-11(9-5-6-9)12(16)14-10(8(2)3)13(15)17/h8-11H,4-7H2,1-3H3,(H,14,16). The predicted molar refractivity (Wildman–Crippen MR) is 65.3 cm³/mol. The maximum atomic E-state index is 12.4. The third-order valence-corrected chi connectivity index (χ3v) is 3.65. The van der Waals surface area contributed by atoms with E-state index in [2.05, 4.69) is 5.32 Å². The van der Waals surface area contributed by atoms with Crippen molar-refractivity contribution in [3.8, 4) is 0 Å². The summed E-state index contributed by atoms with van der Waals surface area (Å²) in [4.78, 5) is 26.3. The average molecular weight is 238 g/mol. The Kier molecular flexibility index (Phi) is 3.40. The number of carbonyl (C=O) groups excluding carboxylic acids is 2. The Morgan fingerprint density at radius 1 is 1.35 bits per heavy atom.